The minimum Gasteiger partial charge on any atom is -0.324 e. The SMILES string of the molecule is Brc1ccc2c(c1)nc(CNCC1CC1)n2C1CC1. The Hall–Kier alpha value is -0.870. The van der Waals surface area contributed by atoms with Crippen molar-refractivity contribution in [2.45, 2.75) is 38.3 Å². The quantitative estimate of drug-likeness (QED) is 0.912. The molecule has 0 bridgehead atoms. The van der Waals surface area contributed by atoms with Crippen LogP contribution in [0.4, 0.5) is 0 Å². The number of hydrogen-bond acceptors (Lipinski definition) is 2. The molecule has 1 N–H and O–H groups in total. The van der Waals surface area contributed by atoms with Crippen LogP contribution in [0.5, 0.6) is 0 Å². The van der Waals surface area contributed by atoms with E-state index in [0.717, 1.165) is 29.0 Å². The molecule has 1 heterocycles. The Labute approximate surface area is 121 Å². The molecule has 0 spiro atoms. The first-order valence-electron chi connectivity index (χ1n) is 7.18. The predicted molar refractivity (Wildman–Crippen MR) is 80.1 cm³/mol. The van der Waals surface area contributed by atoms with Gasteiger partial charge in [-0.2, -0.15) is 0 Å². The second-order valence-electron chi connectivity index (χ2n) is 5.84. The third-order valence-electron chi connectivity index (χ3n) is 4.05. The van der Waals surface area contributed by atoms with Crippen LogP contribution in [0.15, 0.2) is 22.7 Å². The number of rotatable bonds is 5. The van der Waals surface area contributed by atoms with Crippen LogP contribution in [0.2, 0.25) is 0 Å². The van der Waals surface area contributed by atoms with Gasteiger partial charge in [0.1, 0.15) is 5.82 Å². The van der Waals surface area contributed by atoms with Gasteiger partial charge in [0.2, 0.25) is 0 Å². The second-order valence-corrected chi connectivity index (χ2v) is 6.75. The molecule has 2 fully saturated rings. The number of imidazole rings is 1. The first kappa shape index (κ1) is 11.9. The molecule has 0 unspecified atom stereocenters. The van der Waals surface area contributed by atoms with Crippen LogP contribution in [0, 0.1) is 5.92 Å². The van der Waals surface area contributed by atoms with Crippen molar-refractivity contribution in [3.63, 3.8) is 0 Å². The number of benzene rings is 1. The van der Waals surface area contributed by atoms with Crippen LogP contribution in [0.25, 0.3) is 11.0 Å². The Morgan fingerprint density at radius 2 is 2.11 bits per heavy atom. The van der Waals surface area contributed by atoms with Gasteiger partial charge >= 0.3 is 0 Å². The van der Waals surface area contributed by atoms with E-state index in [2.05, 4.69) is 44.0 Å². The molecular weight excluding hydrogens is 302 g/mol. The summed E-state index contributed by atoms with van der Waals surface area (Å²) in [6.07, 6.45) is 5.41. The molecule has 0 atom stereocenters. The van der Waals surface area contributed by atoms with Gasteiger partial charge in [-0.15, -0.1) is 0 Å². The van der Waals surface area contributed by atoms with Gasteiger partial charge in [0.15, 0.2) is 0 Å². The minimum absolute atomic E-state index is 0.684. The molecule has 0 radical (unpaired) electrons. The highest BCUT2D eigenvalue weighted by molar-refractivity contribution is 9.10. The van der Waals surface area contributed by atoms with Crippen molar-refractivity contribution < 1.29 is 0 Å². The Morgan fingerprint density at radius 3 is 2.84 bits per heavy atom. The molecule has 2 aliphatic carbocycles. The molecule has 0 amide bonds. The summed E-state index contributed by atoms with van der Waals surface area (Å²) < 4.78 is 3.56. The number of fused-ring (bicyclic) bond motifs is 1. The first-order chi connectivity index (χ1) is 9.31. The predicted octanol–water partition coefficient (Wildman–Crippen LogP) is 3.63. The summed E-state index contributed by atoms with van der Waals surface area (Å²) in [5.41, 5.74) is 2.40. The molecule has 19 heavy (non-hydrogen) atoms. The molecule has 0 aliphatic heterocycles. The zero-order valence-corrected chi connectivity index (χ0v) is 12.5. The number of nitrogens with one attached hydrogen (secondary N) is 1. The maximum Gasteiger partial charge on any atom is 0.124 e. The van der Waals surface area contributed by atoms with E-state index in [-0.39, 0.29) is 0 Å². The zero-order valence-electron chi connectivity index (χ0n) is 10.9. The van der Waals surface area contributed by atoms with Gasteiger partial charge in [0.05, 0.1) is 17.6 Å². The minimum atomic E-state index is 0.684. The average molecular weight is 320 g/mol. The average Bonchev–Trinajstić information content (AvgIpc) is 3.27. The molecule has 4 heteroatoms. The van der Waals surface area contributed by atoms with Gasteiger partial charge in [0, 0.05) is 10.5 Å². The summed E-state index contributed by atoms with van der Waals surface area (Å²) in [6.45, 7) is 2.05. The number of aromatic nitrogens is 2. The van der Waals surface area contributed by atoms with Gasteiger partial charge in [-0.3, -0.25) is 0 Å². The van der Waals surface area contributed by atoms with E-state index in [1.165, 1.54) is 37.0 Å². The molecule has 4 rings (SSSR count). The zero-order chi connectivity index (χ0) is 12.8. The summed E-state index contributed by atoms with van der Waals surface area (Å²) in [5, 5.41) is 3.57. The van der Waals surface area contributed by atoms with E-state index in [0.29, 0.717) is 6.04 Å². The highest BCUT2D eigenvalue weighted by atomic mass is 79.9. The second kappa shape index (κ2) is 4.60. The van der Waals surface area contributed by atoms with Crippen LogP contribution in [0.1, 0.15) is 37.5 Å². The van der Waals surface area contributed by atoms with Gasteiger partial charge in [-0.25, -0.2) is 4.98 Å². The van der Waals surface area contributed by atoms with Gasteiger partial charge in [0.25, 0.3) is 0 Å². The van der Waals surface area contributed by atoms with Crippen LogP contribution in [0.3, 0.4) is 0 Å². The Balaban J connectivity index is 1.64. The normalized spacial score (nSPS) is 19.2. The lowest BCUT2D eigenvalue weighted by Gasteiger charge is -2.08. The summed E-state index contributed by atoms with van der Waals surface area (Å²) in [7, 11) is 0. The van der Waals surface area contributed by atoms with Gasteiger partial charge in [-0.1, -0.05) is 15.9 Å². The Morgan fingerprint density at radius 1 is 1.26 bits per heavy atom. The lowest BCUT2D eigenvalue weighted by Crippen LogP contribution is -2.19. The highest BCUT2D eigenvalue weighted by Crippen LogP contribution is 2.39. The third-order valence-corrected chi connectivity index (χ3v) is 4.54. The molecule has 1 aromatic heterocycles. The largest absolute Gasteiger partial charge is 0.324 e. The number of nitrogens with zero attached hydrogens (tertiary/aromatic N) is 2. The lowest BCUT2D eigenvalue weighted by molar-refractivity contribution is 0.589. The van der Waals surface area contributed by atoms with Crippen molar-refractivity contribution in [1.82, 2.24) is 14.9 Å². The third kappa shape index (κ3) is 2.43. The van der Waals surface area contributed by atoms with Crippen LogP contribution >= 0.6 is 15.9 Å². The molecule has 2 aromatic rings. The van der Waals surface area contributed by atoms with E-state index in [1.54, 1.807) is 0 Å². The van der Waals surface area contributed by atoms with Crippen LogP contribution in [-0.4, -0.2) is 16.1 Å². The molecule has 1 aromatic carbocycles. The fraction of sp³-hybridized carbons (Fsp3) is 0.533. The van der Waals surface area contributed by atoms with Crippen molar-refractivity contribution in [2.24, 2.45) is 5.92 Å². The molecule has 0 saturated heterocycles. The number of halogens is 1. The maximum absolute atomic E-state index is 4.82. The van der Waals surface area contributed by atoms with E-state index in [1.807, 2.05) is 0 Å². The van der Waals surface area contributed by atoms with E-state index in [4.69, 9.17) is 4.98 Å². The lowest BCUT2D eigenvalue weighted by atomic mass is 10.3. The molecule has 100 valence electrons. The fourth-order valence-electron chi connectivity index (χ4n) is 2.70. The topological polar surface area (TPSA) is 29.9 Å². The van der Waals surface area contributed by atoms with Crippen molar-refractivity contribution in [1.29, 1.82) is 0 Å². The van der Waals surface area contributed by atoms with Crippen molar-refractivity contribution in [3.05, 3.63) is 28.5 Å². The van der Waals surface area contributed by atoms with Crippen LogP contribution in [-0.2, 0) is 6.54 Å². The molecule has 3 nitrogen and oxygen atoms in total. The molecular formula is C15H18BrN3. The fourth-order valence-corrected chi connectivity index (χ4v) is 3.05. The molecule has 2 aliphatic rings. The van der Waals surface area contributed by atoms with E-state index >= 15 is 0 Å². The highest BCUT2D eigenvalue weighted by Gasteiger charge is 2.28. The van der Waals surface area contributed by atoms with E-state index < -0.39 is 0 Å². The first-order valence-corrected chi connectivity index (χ1v) is 7.97. The Kier molecular flexibility index (Phi) is 2.88. The standard InChI is InChI=1S/C15H18BrN3/c16-11-3-6-14-13(7-11)18-15(19(14)12-4-5-12)9-17-8-10-1-2-10/h3,6-7,10,12,17H,1-2,4-5,8-9H2. The van der Waals surface area contributed by atoms with Crippen LogP contribution < -0.4 is 5.32 Å². The summed E-state index contributed by atoms with van der Waals surface area (Å²) in [6, 6.07) is 7.11. The van der Waals surface area contributed by atoms with E-state index in [9.17, 15) is 0 Å². The Bertz CT molecular complexity index is 611. The monoisotopic (exact) mass is 319 g/mol. The van der Waals surface area contributed by atoms with Crippen molar-refractivity contribution in [3.8, 4) is 0 Å². The summed E-state index contributed by atoms with van der Waals surface area (Å²) >= 11 is 3.53. The summed E-state index contributed by atoms with van der Waals surface area (Å²) in [4.78, 5) is 4.82. The van der Waals surface area contributed by atoms with Gasteiger partial charge < -0.3 is 9.88 Å². The van der Waals surface area contributed by atoms with Crippen molar-refractivity contribution >= 4 is 27.0 Å². The van der Waals surface area contributed by atoms with Gasteiger partial charge in [-0.05, 0) is 56.3 Å². The number of hydrogen-bond donors (Lipinski definition) is 1. The van der Waals surface area contributed by atoms with Crippen molar-refractivity contribution in [2.75, 3.05) is 6.54 Å². The summed E-state index contributed by atoms with van der Waals surface area (Å²) in [5.74, 6) is 2.13. The smallest absolute Gasteiger partial charge is 0.124 e. The molecule has 2 saturated carbocycles. The maximum atomic E-state index is 4.82.